The van der Waals surface area contributed by atoms with Gasteiger partial charge in [0.15, 0.2) is 0 Å². The Kier molecular flexibility index (Phi) is 5.80. The maximum absolute atomic E-state index is 11.9. The number of likely N-dealkylation sites (tertiary alicyclic amines) is 1. The molecule has 0 radical (unpaired) electrons. The molecule has 3 N–H and O–H groups in total. The second kappa shape index (κ2) is 6.92. The average Bonchev–Trinajstić information content (AvgIpc) is 2.70. The Morgan fingerprint density at radius 3 is 2.50 bits per heavy atom. The molecule has 1 aliphatic heterocycles. The summed E-state index contributed by atoms with van der Waals surface area (Å²) in [6.45, 7) is 8.47. The van der Waals surface area contributed by atoms with Crippen LogP contribution in [0.4, 0.5) is 4.79 Å². The van der Waals surface area contributed by atoms with Crippen molar-refractivity contribution >= 4 is 12.0 Å². The van der Waals surface area contributed by atoms with Crippen LogP contribution in [-0.4, -0.2) is 54.7 Å². The van der Waals surface area contributed by atoms with Crippen molar-refractivity contribution in [3.8, 4) is 0 Å². The first kappa shape index (κ1) is 16.8. The third kappa shape index (κ3) is 5.77. The van der Waals surface area contributed by atoms with Crippen molar-refractivity contribution in [2.75, 3.05) is 26.7 Å². The lowest BCUT2D eigenvalue weighted by molar-refractivity contribution is -0.138. The highest BCUT2D eigenvalue weighted by molar-refractivity contribution is 5.75. The largest absolute Gasteiger partial charge is 0.481 e. The molecule has 116 valence electrons. The summed E-state index contributed by atoms with van der Waals surface area (Å²) in [5.74, 6) is -0.416. The molecule has 20 heavy (non-hydrogen) atoms. The van der Waals surface area contributed by atoms with Crippen molar-refractivity contribution in [3.05, 3.63) is 0 Å². The molecular formula is C14H27N3O3. The van der Waals surface area contributed by atoms with Crippen molar-refractivity contribution < 1.29 is 14.7 Å². The molecule has 2 atom stereocenters. The molecule has 1 fully saturated rings. The molecule has 1 saturated heterocycles. The average molecular weight is 285 g/mol. The molecular weight excluding hydrogens is 258 g/mol. The van der Waals surface area contributed by atoms with E-state index >= 15 is 0 Å². The van der Waals surface area contributed by atoms with Gasteiger partial charge >= 0.3 is 12.0 Å². The molecule has 2 amide bonds. The van der Waals surface area contributed by atoms with Gasteiger partial charge in [-0.05, 0) is 31.3 Å². The van der Waals surface area contributed by atoms with Crippen LogP contribution >= 0.6 is 0 Å². The Morgan fingerprint density at radius 2 is 2.05 bits per heavy atom. The SMILES string of the molecule is CN1CCC(CNC(=O)NC(CC(=O)O)C(C)(C)C)C1. The first-order valence-corrected chi connectivity index (χ1v) is 7.13. The van der Waals surface area contributed by atoms with Gasteiger partial charge in [-0.3, -0.25) is 4.79 Å². The predicted molar refractivity (Wildman–Crippen MR) is 77.6 cm³/mol. The summed E-state index contributed by atoms with van der Waals surface area (Å²) in [6.07, 6.45) is 1.03. The van der Waals surface area contributed by atoms with Crippen molar-refractivity contribution in [3.63, 3.8) is 0 Å². The zero-order valence-electron chi connectivity index (χ0n) is 12.9. The topological polar surface area (TPSA) is 81.7 Å². The lowest BCUT2D eigenvalue weighted by atomic mass is 9.85. The van der Waals surface area contributed by atoms with Crippen LogP contribution in [0.2, 0.25) is 0 Å². The fourth-order valence-corrected chi connectivity index (χ4v) is 2.39. The molecule has 6 nitrogen and oxygen atoms in total. The normalized spacial score (nSPS) is 21.5. The Balaban J connectivity index is 2.39. The van der Waals surface area contributed by atoms with E-state index in [0.717, 1.165) is 19.5 Å². The van der Waals surface area contributed by atoms with Crippen molar-refractivity contribution in [2.45, 2.75) is 39.7 Å². The van der Waals surface area contributed by atoms with Crippen LogP contribution in [0, 0.1) is 11.3 Å². The van der Waals surface area contributed by atoms with Gasteiger partial charge in [-0.2, -0.15) is 0 Å². The summed E-state index contributed by atoms with van der Waals surface area (Å²) in [5.41, 5.74) is -0.288. The van der Waals surface area contributed by atoms with Crippen LogP contribution in [0.25, 0.3) is 0 Å². The molecule has 0 bridgehead atoms. The van der Waals surface area contributed by atoms with E-state index in [1.807, 2.05) is 20.8 Å². The van der Waals surface area contributed by atoms with Crippen LogP contribution in [0.15, 0.2) is 0 Å². The molecule has 1 aliphatic rings. The van der Waals surface area contributed by atoms with Crippen molar-refractivity contribution in [2.24, 2.45) is 11.3 Å². The second-order valence-corrected chi connectivity index (χ2v) is 6.79. The smallest absolute Gasteiger partial charge is 0.315 e. The molecule has 0 aromatic carbocycles. The van der Waals surface area contributed by atoms with Gasteiger partial charge < -0.3 is 20.6 Å². The molecule has 0 aromatic heterocycles. The van der Waals surface area contributed by atoms with Gasteiger partial charge in [0.1, 0.15) is 0 Å². The van der Waals surface area contributed by atoms with Crippen LogP contribution in [0.1, 0.15) is 33.6 Å². The molecule has 1 heterocycles. The fraction of sp³-hybridized carbons (Fsp3) is 0.857. The third-order valence-electron chi connectivity index (χ3n) is 3.77. The number of carbonyl (C=O) groups is 2. The van der Waals surface area contributed by atoms with E-state index in [2.05, 4.69) is 22.6 Å². The summed E-state index contributed by atoms with van der Waals surface area (Å²) >= 11 is 0. The van der Waals surface area contributed by atoms with Gasteiger partial charge in [-0.1, -0.05) is 20.8 Å². The Hall–Kier alpha value is -1.30. The highest BCUT2D eigenvalue weighted by Crippen LogP contribution is 2.21. The monoisotopic (exact) mass is 285 g/mol. The molecule has 0 aromatic rings. The number of carbonyl (C=O) groups excluding carboxylic acids is 1. The number of hydrogen-bond donors (Lipinski definition) is 3. The van der Waals surface area contributed by atoms with E-state index in [1.54, 1.807) is 0 Å². The first-order valence-electron chi connectivity index (χ1n) is 7.13. The number of aliphatic carboxylic acids is 1. The van der Waals surface area contributed by atoms with Gasteiger partial charge in [0, 0.05) is 19.1 Å². The summed E-state index contributed by atoms with van der Waals surface area (Å²) in [7, 11) is 2.07. The summed E-state index contributed by atoms with van der Waals surface area (Å²) < 4.78 is 0. The van der Waals surface area contributed by atoms with Gasteiger partial charge in [-0.25, -0.2) is 4.79 Å². The fourth-order valence-electron chi connectivity index (χ4n) is 2.39. The number of carboxylic acid groups (broad SMARTS) is 1. The van der Waals surface area contributed by atoms with E-state index in [-0.39, 0.29) is 23.9 Å². The quantitative estimate of drug-likeness (QED) is 0.707. The lowest BCUT2D eigenvalue weighted by Crippen LogP contribution is -2.49. The summed E-state index contributed by atoms with van der Waals surface area (Å²) in [6, 6.07) is -0.660. The number of rotatable bonds is 5. The molecule has 0 aliphatic carbocycles. The number of amides is 2. The molecule has 2 unspecified atom stereocenters. The predicted octanol–water partition coefficient (Wildman–Crippen LogP) is 1.13. The molecule has 0 saturated carbocycles. The first-order chi connectivity index (χ1) is 9.18. The number of hydrogen-bond acceptors (Lipinski definition) is 3. The van der Waals surface area contributed by atoms with E-state index in [0.29, 0.717) is 12.5 Å². The number of nitrogens with zero attached hydrogens (tertiary/aromatic N) is 1. The second-order valence-electron chi connectivity index (χ2n) is 6.79. The van der Waals surface area contributed by atoms with Crippen molar-refractivity contribution in [1.29, 1.82) is 0 Å². The van der Waals surface area contributed by atoms with Gasteiger partial charge in [-0.15, -0.1) is 0 Å². The minimum atomic E-state index is -0.900. The molecule has 0 spiro atoms. The van der Waals surface area contributed by atoms with Gasteiger partial charge in [0.05, 0.1) is 6.42 Å². The van der Waals surface area contributed by atoms with Gasteiger partial charge in [0.25, 0.3) is 0 Å². The van der Waals surface area contributed by atoms with E-state index in [9.17, 15) is 9.59 Å². The van der Waals surface area contributed by atoms with Crippen LogP contribution in [-0.2, 0) is 4.79 Å². The minimum Gasteiger partial charge on any atom is -0.481 e. The number of carboxylic acids is 1. The summed E-state index contributed by atoms with van der Waals surface area (Å²) in [5, 5.41) is 14.5. The van der Waals surface area contributed by atoms with Crippen LogP contribution in [0.5, 0.6) is 0 Å². The van der Waals surface area contributed by atoms with Crippen LogP contribution in [0.3, 0.4) is 0 Å². The number of nitrogens with one attached hydrogen (secondary N) is 2. The highest BCUT2D eigenvalue weighted by atomic mass is 16.4. The summed E-state index contributed by atoms with van der Waals surface area (Å²) in [4.78, 5) is 25.0. The maximum atomic E-state index is 11.9. The van der Waals surface area contributed by atoms with Crippen LogP contribution < -0.4 is 10.6 Å². The Bertz CT molecular complexity index is 352. The van der Waals surface area contributed by atoms with Crippen molar-refractivity contribution in [1.82, 2.24) is 15.5 Å². The standard InChI is InChI=1S/C14H27N3O3/c1-14(2,3)11(7-12(18)19)16-13(20)15-8-10-5-6-17(4)9-10/h10-11H,5-9H2,1-4H3,(H,18,19)(H2,15,16,20). The zero-order valence-corrected chi connectivity index (χ0v) is 12.9. The third-order valence-corrected chi connectivity index (χ3v) is 3.77. The van der Waals surface area contributed by atoms with E-state index in [1.165, 1.54) is 0 Å². The van der Waals surface area contributed by atoms with E-state index in [4.69, 9.17) is 5.11 Å². The number of urea groups is 1. The zero-order chi connectivity index (χ0) is 15.3. The van der Waals surface area contributed by atoms with E-state index < -0.39 is 5.97 Å². The lowest BCUT2D eigenvalue weighted by Gasteiger charge is -2.30. The van der Waals surface area contributed by atoms with Gasteiger partial charge in [0.2, 0.25) is 0 Å². The minimum absolute atomic E-state index is 0.0664. The molecule has 6 heteroatoms. The Morgan fingerprint density at radius 1 is 1.40 bits per heavy atom. The maximum Gasteiger partial charge on any atom is 0.315 e. The Labute approximate surface area is 120 Å². The molecule has 1 rings (SSSR count). The highest BCUT2D eigenvalue weighted by Gasteiger charge is 2.28.